The molecule has 2 rings (SSSR count). The van der Waals surface area contributed by atoms with Crippen LogP contribution in [0, 0.1) is 6.92 Å². The number of carbonyl (C=O) groups is 1. The van der Waals surface area contributed by atoms with E-state index >= 15 is 0 Å². The maximum Gasteiger partial charge on any atom is 0.261 e. The lowest BCUT2D eigenvalue weighted by atomic mass is 10.2. The Morgan fingerprint density at radius 1 is 1.30 bits per heavy atom. The van der Waals surface area contributed by atoms with Crippen molar-refractivity contribution in [2.45, 2.75) is 32.1 Å². The Bertz CT molecular complexity index is 598. The number of aryl methyl sites for hydroxylation is 1. The van der Waals surface area contributed by atoms with Crippen LogP contribution in [-0.2, 0) is 10.5 Å². The Morgan fingerprint density at radius 2 is 2.13 bits per heavy atom. The number of hydrogen-bond acceptors (Lipinski definition) is 4. The maximum atomic E-state index is 12.2. The molecule has 124 valence electrons. The van der Waals surface area contributed by atoms with Gasteiger partial charge in [0.25, 0.3) is 5.91 Å². The number of thioether (sulfide) groups is 1. The van der Waals surface area contributed by atoms with Crippen LogP contribution in [-0.4, -0.2) is 24.3 Å². The number of ether oxygens (including phenoxy) is 1. The summed E-state index contributed by atoms with van der Waals surface area (Å²) in [6.07, 6.45) is 1.86. The van der Waals surface area contributed by atoms with E-state index in [4.69, 9.17) is 9.15 Å². The van der Waals surface area contributed by atoms with E-state index in [-0.39, 0.29) is 5.91 Å². The Labute approximate surface area is 141 Å². The highest BCUT2D eigenvalue weighted by Gasteiger charge is 2.18. The van der Waals surface area contributed by atoms with Gasteiger partial charge >= 0.3 is 0 Å². The second-order valence-corrected chi connectivity index (χ2v) is 6.31. The summed E-state index contributed by atoms with van der Waals surface area (Å²) in [6.45, 7) is 4.55. The quantitative estimate of drug-likeness (QED) is 0.709. The van der Waals surface area contributed by atoms with Gasteiger partial charge in [-0.05, 0) is 37.1 Å². The van der Waals surface area contributed by atoms with E-state index in [1.807, 2.05) is 50.2 Å². The van der Waals surface area contributed by atoms with Crippen molar-refractivity contribution >= 4 is 17.7 Å². The summed E-state index contributed by atoms with van der Waals surface area (Å²) in [5.74, 6) is 3.32. The van der Waals surface area contributed by atoms with Gasteiger partial charge in [0.1, 0.15) is 11.5 Å². The van der Waals surface area contributed by atoms with Crippen LogP contribution in [0.25, 0.3) is 0 Å². The summed E-state index contributed by atoms with van der Waals surface area (Å²) >= 11 is 1.73. The first-order valence-electron chi connectivity index (χ1n) is 7.80. The molecule has 0 aliphatic carbocycles. The fraction of sp³-hybridized carbons (Fsp3) is 0.389. The molecule has 1 amide bonds. The van der Waals surface area contributed by atoms with Crippen molar-refractivity contribution in [1.29, 1.82) is 0 Å². The topological polar surface area (TPSA) is 51.5 Å². The minimum absolute atomic E-state index is 0.0608. The molecule has 0 fully saturated rings. The van der Waals surface area contributed by atoms with Gasteiger partial charge in [0.2, 0.25) is 0 Å². The standard InChI is InChI=1S/C18H23NO3S/c1-3-16(22-17-9-5-4-7-14(17)2)18(20)19-10-12-23-13-15-8-6-11-21-15/h4-9,11,16H,3,10,12-13H2,1-2H3,(H,19,20)/t16-/m1/s1. The zero-order chi connectivity index (χ0) is 16.5. The number of benzene rings is 1. The fourth-order valence-corrected chi connectivity index (χ4v) is 2.85. The number of hydrogen-bond donors (Lipinski definition) is 1. The zero-order valence-electron chi connectivity index (χ0n) is 13.6. The van der Waals surface area contributed by atoms with Gasteiger partial charge in [-0.2, -0.15) is 11.8 Å². The van der Waals surface area contributed by atoms with E-state index in [0.29, 0.717) is 13.0 Å². The molecule has 0 spiro atoms. The normalized spacial score (nSPS) is 11.9. The van der Waals surface area contributed by atoms with Gasteiger partial charge in [-0.25, -0.2) is 0 Å². The third-order valence-corrected chi connectivity index (χ3v) is 4.38. The predicted molar refractivity (Wildman–Crippen MR) is 93.8 cm³/mol. The summed E-state index contributed by atoms with van der Waals surface area (Å²) in [6, 6.07) is 11.6. The van der Waals surface area contributed by atoms with Crippen LogP contribution in [0.3, 0.4) is 0 Å². The van der Waals surface area contributed by atoms with Gasteiger partial charge in [0, 0.05) is 12.3 Å². The summed E-state index contributed by atoms with van der Waals surface area (Å²) in [5.41, 5.74) is 1.03. The Hall–Kier alpha value is -1.88. The molecule has 2 aromatic rings. The molecule has 0 saturated carbocycles. The Kier molecular flexibility index (Phi) is 7.07. The molecule has 0 aliphatic heterocycles. The van der Waals surface area contributed by atoms with Crippen molar-refractivity contribution in [2.75, 3.05) is 12.3 Å². The van der Waals surface area contributed by atoms with Crippen LogP contribution < -0.4 is 10.1 Å². The van der Waals surface area contributed by atoms with Gasteiger partial charge in [0.05, 0.1) is 12.0 Å². The number of rotatable bonds is 9. The fourth-order valence-electron chi connectivity index (χ4n) is 2.09. The van der Waals surface area contributed by atoms with E-state index in [9.17, 15) is 4.79 Å². The number of para-hydroxylation sites is 1. The van der Waals surface area contributed by atoms with E-state index < -0.39 is 6.10 Å². The molecule has 0 radical (unpaired) electrons. The molecular formula is C18H23NO3S. The first kappa shape index (κ1) is 17.5. The lowest BCUT2D eigenvalue weighted by Crippen LogP contribution is -2.39. The third kappa shape index (κ3) is 5.67. The van der Waals surface area contributed by atoms with Crippen LogP contribution >= 0.6 is 11.8 Å². The Balaban J connectivity index is 1.71. The van der Waals surface area contributed by atoms with E-state index in [1.165, 1.54) is 0 Å². The van der Waals surface area contributed by atoms with E-state index in [1.54, 1.807) is 18.0 Å². The molecule has 1 atom stereocenters. The number of amides is 1. The molecule has 5 heteroatoms. The third-order valence-electron chi connectivity index (χ3n) is 3.40. The molecule has 23 heavy (non-hydrogen) atoms. The molecule has 0 bridgehead atoms. The highest BCUT2D eigenvalue weighted by Crippen LogP contribution is 2.19. The molecular weight excluding hydrogens is 310 g/mol. The van der Waals surface area contributed by atoms with Crippen molar-refractivity contribution in [3.05, 3.63) is 54.0 Å². The molecule has 0 saturated heterocycles. The predicted octanol–water partition coefficient (Wildman–Crippen LogP) is 3.80. The van der Waals surface area contributed by atoms with Crippen LogP contribution in [0.1, 0.15) is 24.7 Å². The minimum atomic E-state index is -0.453. The second kappa shape index (κ2) is 9.30. The van der Waals surface area contributed by atoms with Crippen molar-refractivity contribution in [1.82, 2.24) is 5.32 Å². The summed E-state index contributed by atoms with van der Waals surface area (Å²) < 4.78 is 11.1. The first-order chi connectivity index (χ1) is 11.2. The number of furan rings is 1. The van der Waals surface area contributed by atoms with Crippen molar-refractivity contribution in [3.63, 3.8) is 0 Å². The molecule has 1 aromatic carbocycles. The van der Waals surface area contributed by atoms with Crippen LogP contribution in [0.4, 0.5) is 0 Å². The van der Waals surface area contributed by atoms with E-state index in [2.05, 4.69) is 5.32 Å². The highest BCUT2D eigenvalue weighted by molar-refractivity contribution is 7.98. The first-order valence-corrected chi connectivity index (χ1v) is 8.96. The minimum Gasteiger partial charge on any atom is -0.480 e. The van der Waals surface area contributed by atoms with Gasteiger partial charge in [0.15, 0.2) is 6.10 Å². The van der Waals surface area contributed by atoms with Crippen molar-refractivity contribution < 1.29 is 13.9 Å². The average Bonchev–Trinajstić information content (AvgIpc) is 3.07. The molecule has 0 aliphatic rings. The monoisotopic (exact) mass is 333 g/mol. The van der Waals surface area contributed by atoms with Crippen LogP contribution in [0.15, 0.2) is 47.1 Å². The van der Waals surface area contributed by atoms with Gasteiger partial charge in [-0.3, -0.25) is 4.79 Å². The van der Waals surface area contributed by atoms with Crippen LogP contribution in [0.2, 0.25) is 0 Å². The maximum absolute atomic E-state index is 12.2. The van der Waals surface area contributed by atoms with Crippen LogP contribution in [0.5, 0.6) is 5.75 Å². The largest absolute Gasteiger partial charge is 0.480 e. The van der Waals surface area contributed by atoms with Gasteiger partial charge in [-0.1, -0.05) is 25.1 Å². The molecule has 1 N–H and O–H groups in total. The lowest BCUT2D eigenvalue weighted by molar-refractivity contribution is -0.128. The summed E-state index contributed by atoms with van der Waals surface area (Å²) in [5, 5.41) is 2.94. The molecule has 1 aromatic heterocycles. The average molecular weight is 333 g/mol. The number of carbonyl (C=O) groups excluding carboxylic acids is 1. The molecule has 4 nitrogen and oxygen atoms in total. The SMILES string of the molecule is CC[C@@H](Oc1ccccc1C)C(=O)NCCSCc1ccco1. The van der Waals surface area contributed by atoms with Gasteiger partial charge in [-0.15, -0.1) is 0 Å². The Morgan fingerprint density at radius 3 is 2.83 bits per heavy atom. The second-order valence-electron chi connectivity index (χ2n) is 5.20. The molecule has 0 unspecified atom stereocenters. The zero-order valence-corrected chi connectivity index (χ0v) is 14.4. The summed E-state index contributed by atoms with van der Waals surface area (Å²) in [4.78, 5) is 12.2. The van der Waals surface area contributed by atoms with Crippen molar-refractivity contribution in [2.24, 2.45) is 0 Å². The highest BCUT2D eigenvalue weighted by atomic mass is 32.2. The molecule has 1 heterocycles. The lowest BCUT2D eigenvalue weighted by Gasteiger charge is -2.18. The van der Waals surface area contributed by atoms with Gasteiger partial charge < -0.3 is 14.5 Å². The van der Waals surface area contributed by atoms with Crippen molar-refractivity contribution in [3.8, 4) is 5.75 Å². The smallest absolute Gasteiger partial charge is 0.261 e. The summed E-state index contributed by atoms with van der Waals surface area (Å²) in [7, 11) is 0. The number of nitrogens with one attached hydrogen (secondary N) is 1. The van der Waals surface area contributed by atoms with E-state index in [0.717, 1.165) is 28.6 Å².